The molecule has 2 aromatic rings. The van der Waals surface area contributed by atoms with Crippen LogP contribution in [0.3, 0.4) is 0 Å². The maximum atomic E-state index is 6.19. The molecule has 3 nitrogen and oxygen atoms in total. The summed E-state index contributed by atoms with van der Waals surface area (Å²) in [6.07, 6.45) is 1.52. The Morgan fingerprint density at radius 3 is 2.47 bits per heavy atom. The van der Waals surface area contributed by atoms with E-state index in [2.05, 4.69) is 40.8 Å². The highest BCUT2D eigenvalue weighted by Crippen LogP contribution is 2.30. The Morgan fingerprint density at radius 1 is 1.16 bits per heavy atom. The molecule has 1 aromatic heterocycles. The van der Waals surface area contributed by atoms with Crippen molar-refractivity contribution in [2.24, 2.45) is 0 Å². The molecule has 0 saturated heterocycles. The number of hydrogen-bond acceptors (Lipinski definition) is 3. The van der Waals surface area contributed by atoms with E-state index in [0.29, 0.717) is 11.1 Å². The third-order valence-corrected chi connectivity index (χ3v) is 3.32. The highest BCUT2D eigenvalue weighted by molar-refractivity contribution is 6.30. The van der Waals surface area contributed by atoms with Gasteiger partial charge in [-0.15, -0.1) is 0 Å². The SMILES string of the molecule is CC(C)c1c(Cl)ncnc1N(C)Cc1ccccc1. The molecular formula is C15H18ClN3. The average Bonchev–Trinajstić information content (AvgIpc) is 2.39. The minimum absolute atomic E-state index is 0.293. The van der Waals surface area contributed by atoms with E-state index in [0.717, 1.165) is 17.9 Å². The van der Waals surface area contributed by atoms with Gasteiger partial charge in [-0.2, -0.15) is 0 Å². The van der Waals surface area contributed by atoms with Crippen molar-refractivity contribution in [2.75, 3.05) is 11.9 Å². The first kappa shape index (κ1) is 13.8. The molecule has 0 unspecified atom stereocenters. The Morgan fingerprint density at radius 2 is 1.84 bits per heavy atom. The molecule has 4 heteroatoms. The summed E-state index contributed by atoms with van der Waals surface area (Å²) in [5.74, 6) is 1.20. The van der Waals surface area contributed by atoms with Gasteiger partial charge in [0.1, 0.15) is 17.3 Å². The predicted octanol–water partition coefficient (Wildman–Crippen LogP) is 3.89. The molecule has 0 saturated carbocycles. The first-order valence-corrected chi connectivity index (χ1v) is 6.73. The predicted molar refractivity (Wildman–Crippen MR) is 79.7 cm³/mol. The van der Waals surface area contributed by atoms with Crippen LogP contribution in [-0.2, 0) is 6.54 Å². The fraction of sp³-hybridized carbons (Fsp3) is 0.333. The van der Waals surface area contributed by atoms with Crippen LogP contribution >= 0.6 is 11.6 Å². The van der Waals surface area contributed by atoms with Crippen LogP contribution in [0.1, 0.15) is 30.9 Å². The van der Waals surface area contributed by atoms with E-state index >= 15 is 0 Å². The van der Waals surface area contributed by atoms with Gasteiger partial charge in [0.2, 0.25) is 0 Å². The van der Waals surface area contributed by atoms with Gasteiger partial charge in [-0.3, -0.25) is 0 Å². The number of halogens is 1. The summed E-state index contributed by atoms with van der Waals surface area (Å²) in [7, 11) is 2.03. The molecule has 0 radical (unpaired) electrons. The topological polar surface area (TPSA) is 29.0 Å². The number of anilines is 1. The van der Waals surface area contributed by atoms with Crippen LogP contribution in [0, 0.1) is 0 Å². The Bertz CT molecular complexity index is 540. The van der Waals surface area contributed by atoms with Crippen LogP contribution in [0.15, 0.2) is 36.7 Å². The standard InChI is InChI=1S/C15H18ClN3/c1-11(2)13-14(16)17-10-18-15(13)19(3)9-12-7-5-4-6-8-12/h4-8,10-11H,9H2,1-3H3. The molecule has 0 aliphatic heterocycles. The molecular weight excluding hydrogens is 258 g/mol. The van der Waals surface area contributed by atoms with Crippen LogP contribution in [-0.4, -0.2) is 17.0 Å². The number of rotatable bonds is 4. The zero-order chi connectivity index (χ0) is 13.8. The van der Waals surface area contributed by atoms with Crippen LogP contribution in [0.2, 0.25) is 5.15 Å². The minimum atomic E-state index is 0.293. The van der Waals surface area contributed by atoms with Crippen LogP contribution in [0.5, 0.6) is 0 Å². The zero-order valence-electron chi connectivity index (χ0n) is 11.5. The summed E-state index contributed by atoms with van der Waals surface area (Å²) in [5, 5.41) is 0.542. The van der Waals surface area contributed by atoms with E-state index in [9.17, 15) is 0 Å². The van der Waals surface area contributed by atoms with Gasteiger partial charge in [-0.1, -0.05) is 55.8 Å². The molecule has 19 heavy (non-hydrogen) atoms. The molecule has 1 aromatic carbocycles. The van der Waals surface area contributed by atoms with E-state index in [-0.39, 0.29) is 0 Å². The van der Waals surface area contributed by atoms with E-state index < -0.39 is 0 Å². The third kappa shape index (κ3) is 3.24. The zero-order valence-corrected chi connectivity index (χ0v) is 12.2. The van der Waals surface area contributed by atoms with Crippen molar-refractivity contribution < 1.29 is 0 Å². The first-order valence-electron chi connectivity index (χ1n) is 6.35. The average molecular weight is 276 g/mol. The molecule has 0 atom stereocenters. The molecule has 100 valence electrons. The summed E-state index contributed by atoms with van der Waals surface area (Å²) in [6, 6.07) is 10.3. The van der Waals surface area contributed by atoms with Gasteiger partial charge < -0.3 is 4.90 Å². The first-order chi connectivity index (χ1) is 9.09. The maximum Gasteiger partial charge on any atom is 0.138 e. The van der Waals surface area contributed by atoms with Crippen molar-refractivity contribution in [2.45, 2.75) is 26.3 Å². The largest absolute Gasteiger partial charge is 0.355 e. The fourth-order valence-corrected chi connectivity index (χ4v) is 2.44. The number of benzene rings is 1. The normalized spacial score (nSPS) is 10.8. The lowest BCUT2D eigenvalue weighted by Gasteiger charge is -2.23. The van der Waals surface area contributed by atoms with Crippen molar-refractivity contribution in [3.63, 3.8) is 0 Å². The van der Waals surface area contributed by atoms with Crippen molar-refractivity contribution in [1.29, 1.82) is 0 Å². The molecule has 0 spiro atoms. The Hall–Kier alpha value is -1.61. The Kier molecular flexibility index (Phi) is 4.38. The lowest BCUT2D eigenvalue weighted by Crippen LogP contribution is -2.20. The van der Waals surface area contributed by atoms with Gasteiger partial charge in [0, 0.05) is 19.2 Å². The maximum absolute atomic E-state index is 6.19. The number of aromatic nitrogens is 2. The molecule has 0 amide bonds. The van der Waals surface area contributed by atoms with Gasteiger partial charge in [-0.25, -0.2) is 9.97 Å². The fourth-order valence-electron chi connectivity index (χ4n) is 2.10. The van der Waals surface area contributed by atoms with E-state index in [1.807, 2.05) is 25.2 Å². The van der Waals surface area contributed by atoms with Crippen molar-refractivity contribution >= 4 is 17.4 Å². The number of nitrogens with zero attached hydrogens (tertiary/aromatic N) is 3. The Balaban J connectivity index is 2.29. The summed E-state index contributed by atoms with van der Waals surface area (Å²) in [4.78, 5) is 10.6. The molecule has 0 aliphatic rings. The lowest BCUT2D eigenvalue weighted by molar-refractivity contribution is 0.808. The van der Waals surface area contributed by atoms with Crippen molar-refractivity contribution in [3.8, 4) is 0 Å². The molecule has 0 N–H and O–H groups in total. The van der Waals surface area contributed by atoms with Gasteiger partial charge in [-0.05, 0) is 11.5 Å². The third-order valence-electron chi connectivity index (χ3n) is 3.02. The van der Waals surface area contributed by atoms with Gasteiger partial charge in [0.15, 0.2) is 0 Å². The van der Waals surface area contributed by atoms with Crippen molar-refractivity contribution in [1.82, 2.24) is 9.97 Å². The highest BCUT2D eigenvalue weighted by atomic mass is 35.5. The van der Waals surface area contributed by atoms with Gasteiger partial charge in [0.05, 0.1) is 0 Å². The highest BCUT2D eigenvalue weighted by Gasteiger charge is 2.16. The molecule has 0 fully saturated rings. The second kappa shape index (κ2) is 6.02. The van der Waals surface area contributed by atoms with E-state index in [4.69, 9.17) is 11.6 Å². The molecule has 1 heterocycles. The number of hydrogen-bond donors (Lipinski definition) is 0. The summed E-state index contributed by atoms with van der Waals surface area (Å²) < 4.78 is 0. The quantitative estimate of drug-likeness (QED) is 0.793. The summed E-state index contributed by atoms with van der Waals surface area (Å²) >= 11 is 6.19. The molecule has 0 aliphatic carbocycles. The minimum Gasteiger partial charge on any atom is -0.355 e. The molecule has 2 rings (SSSR count). The van der Waals surface area contributed by atoms with E-state index in [1.54, 1.807) is 0 Å². The van der Waals surface area contributed by atoms with Gasteiger partial charge in [0.25, 0.3) is 0 Å². The monoisotopic (exact) mass is 275 g/mol. The summed E-state index contributed by atoms with van der Waals surface area (Å²) in [6.45, 7) is 5.00. The van der Waals surface area contributed by atoms with Crippen LogP contribution in [0.25, 0.3) is 0 Å². The van der Waals surface area contributed by atoms with E-state index in [1.165, 1.54) is 11.9 Å². The Labute approximate surface area is 119 Å². The lowest BCUT2D eigenvalue weighted by atomic mass is 10.1. The smallest absolute Gasteiger partial charge is 0.138 e. The molecule has 0 bridgehead atoms. The van der Waals surface area contributed by atoms with Crippen LogP contribution in [0.4, 0.5) is 5.82 Å². The van der Waals surface area contributed by atoms with Gasteiger partial charge >= 0.3 is 0 Å². The van der Waals surface area contributed by atoms with Crippen LogP contribution < -0.4 is 4.90 Å². The summed E-state index contributed by atoms with van der Waals surface area (Å²) in [5.41, 5.74) is 2.25. The second-order valence-electron chi connectivity index (χ2n) is 4.90. The van der Waals surface area contributed by atoms with Crippen molar-refractivity contribution in [3.05, 3.63) is 52.9 Å². The second-order valence-corrected chi connectivity index (χ2v) is 5.26.